The van der Waals surface area contributed by atoms with Crippen molar-refractivity contribution < 1.29 is 4.79 Å². The van der Waals surface area contributed by atoms with E-state index in [0.29, 0.717) is 12.0 Å². The Balaban J connectivity index is 2.07. The molecule has 3 nitrogen and oxygen atoms in total. The van der Waals surface area contributed by atoms with E-state index in [9.17, 15) is 4.79 Å². The molecule has 110 valence electrons. The van der Waals surface area contributed by atoms with Crippen molar-refractivity contribution in [2.45, 2.75) is 52.0 Å². The zero-order valence-corrected chi connectivity index (χ0v) is 12.8. The molecule has 1 saturated carbocycles. The lowest BCUT2D eigenvalue weighted by Gasteiger charge is -2.23. The molecule has 0 aliphatic heterocycles. The maximum atomic E-state index is 12.5. The van der Waals surface area contributed by atoms with Crippen LogP contribution < -0.4 is 10.6 Å². The SMILES string of the molecule is CNc1ccc(C(=O)NC2CCCCCC2C)c(C)c1. The Labute approximate surface area is 122 Å². The van der Waals surface area contributed by atoms with Crippen LogP contribution in [0.5, 0.6) is 0 Å². The first kappa shape index (κ1) is 14.9. The summed E-state index contributed by atoms with van der Waals surface area (Å²) in [4.78, 5) is 12.5. The van der Waals surface area contributed by atoms with Gasteiger partial charge in [-0.15, -0.1) is 0 Å². The van der Waals surface area contributed by atoms with Gasteiger partial charge >= 0.3 is 0 Å². The Bertz CT molecular complexity index is 470. The molecule has 0 aromatic heterocycles. The number of nitrogens with one attached hydrogen (secondary N) is 2. The van der Waals surface area contributed by atoms with Gasteiger partial charge in [-0.1, -0.05) is 26.2 Å². The Hall–Kier alpha value is -1.51. The number of carbonyl (C=O) groups excluding carboxylic acids is 1. The van der Waals surface area contributed by atoms with Gasteiger partial charge in [0, 0.05) is 24.3 Å². The van der Waals surface area contributed by atoms with Crippen molar-refractivity contribution in [2.75, 3.05) is 12.4 Å². The summed E-state index contributed by atoms with van der Waals surface area (Å²) in [5.41, 5.74) is 2.86. The fraction of sp³-hybridized carbons (Fsp3) is 0.588. The zero-order chi connectivity index (χ0) is 14.5. The minimum absolute atomic E-state index is 0.0731. The van der Waals surface area contributed by atoms with Crippen LogP contribution in [0.2, 0.25) is 0 Å². The number of rotatable bonds is 3. The molecule has 2 N–H and O–H groups in total. The van der Waals surface area contributed by atoms with Crippen molar-refractivity contribution in [1.29, 1.82) is 0 Å². The molecule has 0 spiro atoms. The van der Waals surface area contributed by atoms with E-state index in [4.69, 9.17) is 0 Å². The van der Waals surface area contributed by atoms with Crippen molar-refractivity contribution in [3.63, 3.8) is 0 Å². The van der Waals surface area contributed by atoms with Gasteiger partial charge in [-0.2, -0.15) is 0 Å². The van der Waals surface area contributed by atoms with Gasteiger partial charge in [-0.3, -0.25) is 4.79 Å². The van der Waals surface area contributed by atoms with Crippen molar-refractivity contribution in [2.24, 2.45) is 5.92 Å². The topological polar surface area (TPSA) is 41.1 Å². The molecule has 0 saturated heterocycles. The number of aryl methyl sites for hydroxylation is 1. The third-order valence-electron chi connectivity index (χ3n) is 4.44. The van der Waals surface area contributed by atoms with Crippen LogP contribution in [0.4, 0.5) is 5.69 Å². The van der Waals surface area contributed by atoms with Crippen LogP contribution in [0.25, 0.3) is 0 Å². The van der Waals surface area contributed by atoms with E-state index in [-0.39, 0.29) is 5.91 Å². The van der Waals surface area contributed by atoms with Crippen LogP contribution in [0.3, 0.4) is 0 Å². The number of carbonyl (C=O) groups is 1. The molecule has 3 heteroatoms. The highest BCUT2D eigenvalue weighted by Crippen LogP contribution is 2.23. The summed E-state index contributed by atoms with van der Waals surface area (Å²) < 4.78 is 0. The molecule has 2 atom stereocenters. The van der Waals surface area contributed by atoms with Gasteiger partial charge in [0.25, 0.3) is 5.91 Å². The lowest BCUT2D eigenvalue weighted by molar-refractivity contribution is 0.0921. The molecule has 20 heavy (non-hydrogen) atoms. The molecule has 0 radical (unpaired) electrons. The van der Waals surface area contributed by atoms with Gasteiger partial charge in [-0.25, -0.2) is 0 Å². The van der Waals surface area contributed by atoms with E-state index >= 15 is 0 Å². The van der Waals surface area contributed by atoms with Gasteiger partial charge < -0.3 is 10.6 Å². The average molecular weight is 274 g/mol. The van der Waals surface area contributed by atoms with Gasteiger partial charge in [-0.05, 0) is 49.4 Å². The van der Waals surface area contributed by atoms with Crippen molar-refractivity contribution in [3.05, 3.63) is 29.3 Å². The maximum Gasteiger partial charge on any atom is 0.251 e. The highest BCUT2D eigenvalue weighted by molar-refractivity contribution is 5.96. The summed E-state index contributed by atoms with van der Waals surface area (Å²) in [6.07, 6.45) is 6.16. The quantitative estimate of drug-likeness (QED) is 0.824. The van der Waals surface area contributed by atoms with Crippen LogP contribution in [0, 0.1) is 12.8 Å². The van der Waals surface area contributed by atoms with E-state index < -0.39 is 0 Å². The van der Waals surface area contributed by atoms with Crippen LogP contribution in [0.1, 0.15) is 54.9 Å². The number of hydrogen-bond donors (Lipinski definition) is 2. The molecule has 1 aliphatic carbocycles. The van der Waals surface area contributed by atoms with E-state index in [2.05, 4.69) is 17.6 Å². The minimum Gasteiger partial charge on any atom is -0.388 e. The smallest absolute Gasteiger partial charge is 0.251 e. The molecule has 1 fully saturated rings. The molecule has 1 aliphatic rings. The third-order valence-corrected chi connectivity index (χ3v) is 4.44. The molecular weight excluding hydrogens is 248 g/mol. The van der Waals surface area contributed by atoms with Crippen molar-refractivity contribution >= 4 is 11.6 Å². The van der Waals surface area contributed by atoms with Gasteiger partial charge in [0.05, 0.1) is 0 Å². The van der Waals surface area contributed by atoms with Crippen molar-refractivity contribution in [1.82, 2.24) is 5.32 Å². The van der Waals surface area contributed by atoms with Crippen molar-refractivity contribution in [3.8, 4) is 0 Å². The van der Waals surface area contributed by atoms with Crippen LogP contribution in [0.15, 0.2) is 18.2 Å². The Morgan fingerprint density at radius 1 is 1.20 bits per heavy atom. The van der Waals surface area contributed by atoms with E-state index in [1.165, 1.54) is 25.7 Å². The highest BCUT2D eigenvalue weighted by atomic mass is 16.1. The number of benzene rings is 1. The molecule has 1 aromatic carbocycles. The predicted molar refractivity (Wildman–Crippen MR) is 84.2 cm³/mol. The van der Waals surface area contributed by atoms with E-state index in [0.717, 1.165) is 23.2 Å². The summed E-state index contributed by atoms with van der Waals surface area (Å²) in [5, 5.41) is 6.34. The summed E-state index contributed by atoms with van der Waals surface area (Å²) >= 11 is 0. The fourth-order valence-corrected chi connectivity index (χ4v) is 3.03. The lowest BCUT2D eigenvalue weighted by atomic mass is 9.96. The third kappa shape index (κ3) is 3.53. The average Bonchev–Trinajstić information content (AvgIpc) is 2.64. The molecular formula is C17H26N2O. The second-order valence-electron chi connectivity index (χ2n) is 5.97. The van der Waals surface area contributed by atoms with Crippen LogP contribution >= 0.6 is 0 Å². The predicted octanol–water partition coefficient (Wildman–Crippen LogP) is 3.74. The fourth-order valence-electron chi connectivity index (χ4n) is 3.03. The number of amides is 1. The molecule has 0 heterocycles. The molecule has 1 aromatic rings. The van der Waals surface area contributed by atoms with Gasteiger partial charge in [0.2, 0.25) is 0 Å². The van der Waals surface area contributed by atoms with Gasteiger partial charge in [0.1, 0.15) is 0 Å². The van der Waals surface area contributed by atoms with Crippen LogP contribution in [-0.2, 0) is 0 Å². The summed E-state index contributed by atoms with van der Waals surface area (Å²) in [6, 6.07) is 6.22. The summed E-state index contributed by atoms with van der Waals surface area (Å²) in [5.74, 6) is 0.655. The first-order valence-corrected chi connectivity index (χ1v) is 7.71. The van der Waals surface area contributed by atoms with E-state index in [1.807, 2.05) is 32.2 Å². The molecule has 2 rings (SSSR count). The normalized spacial score (nSPS) is 22.9. The first-order chi connectivity index (χ1) is 9.61. The maximum absolute atomic E-state index is 12.5. The van der Waals surface area contributed by atoms with Crippen LogP contribution in [-0.4, -0.2) is 19.0 Å². The molecule has 1 amide bonds. The standard InChI is InChI=1S/C17H26N2O/c1-12-7-5-4-6-8-16(12)19-17(20)15-10-9-14(18-3)11-13(15)2/h9-12,16,18H,4-8H2,1-3H3,(H,19,20). The molecule has 2 unspecified atom stereocenters. The number of hydrogen-bond acceptors (Lipinski definition) is 2. The Morgan fingerprint density at radius 2 is 1.95 bits per heavy atom. The largest absolute Gasteiger partial charge is 0.388 e. The van der Waals surface area contributed by atoms with Gasteiger partial charge in [0.15, 0.2) is 0 Å². The lowest BCUT2D eigenvalue weighted by Crippen LogP contribution is -2.39. The Morgan fingerprint density at radius 3 is 2.65 bits per heavy atom. The first-order valence-electron chi connectivity index (χ1n) is 7.71. The zero-order valence-electron chi connectivity index (χ0n) is 12.8. The summed E-state index contributed by atoms with van der Waals surface area (Å²) in [6.45, 7) is 4.25. The Kier molecular flexibility index (Phi) is 5.05. The second-order valence-corrected chi connectivity index (χ2v) is 5.97. The highest BCUT2D eigenvalue weighted by Gasteiger charge is 2.22. The summed E-state index contributed by atoms with van der Waals surface area (Å²) in [7, 11) is 1.89. The molecule has 0 bridgehead atoms. The number of anilines is 1. The minimum atomic E-state index is 0.0731. The second kappa shape index (κ2) is 6.78. The monoisotopic (exact) mass is 274 g/mol. The van der Waals surface area contributed by atoms with E-state index in [1.54, 1.807) is 0 Å².